The molecule has 0 spiro atoms. The third kappa shape index (κ3) is 2.03. The largest absolute Gasteiger partial charge is 0.507 e. The fourth-order valence-electron chi connectivity index (χ4n) is 1.96. The summed E-state index contributed by atoms with van der Waals surface area (Å²) < 4.78 is 4.97. The number of nitrogens with zero attached hydrogens (tertiary/aromatic N) is 2. The lowest BCUT2D eigenvalue weighted by atomic mass is 10.0. The molecule has 0 saturated heterocycles. The molecule has 0 aliphatic rings. The molecule has 1 aromatic heterocycles. The lowest BCUT2D eigenvalue weighted by molar-refractivity contribution is 0.380. The molecule has 0 aliphatic carbocycles. The van der Waals surface area contributed by atoms with E-state index in [1.54, 1.807) is 18.2 Å². The number of aromatic hydroxyl groups is 1. The topological polar surface area (TPSA) is 85.2 Å². The van der Waals surface area contributed by atoms with Gasteiger partial charge in [-0.1, -0.05) is 28.9 Å². The number of phenols is 1. The molecule has 0 atom stereocenters. The van der Waals surface area contributed by atoms with Crippen LogP contribution < -0.4 is 5.73 Å². The second-order valence-corrected chi connectivity index (χ2v) is 4.48. The number of rotatable bonds is 2. The highest BCUT2D eigenvalue weighted by molar-refractivity contribution is 6.31. The van der Waals surface area contributed by atoms with Gasteiger partial charge in [0, 0.05) is 5.02 Å². The summed E-state index contributed by atoms with van der Waals surface area (Å²) in [6, 6.07) is 8.72. The van der Waals surface area contributed by atoms with Crippen molar-refractivity contribution in [3.8, 4) is 17.1 Å². The fraction of sp³-hybridized carbons (Fsp3) is 0.0769. The highest BCUT2D eigenvalue weighted by Crippen LogP contribution is 2.35. The Morgan fingerprint density at radius 1 is 1.26 bits per heavy atom. The maximum atomic E-state index is 10.0. The molecule has 0 amide bonds. The molecule has 2 aromatic carbocycles. The zero-order valence-corrected chi connectivity index (χ0v) is 10.6. The van der Waals surface area contributed by atoms with E-state index in [1.807, 2.05) is 12.1 Å². The summed E-state index contributed by atoms with van der Waals surface area (Å²) in [5, 5.41) is 16.2. The van der Waals surface area contributed by atoms with Crippen LogP contribution in [0.3, 0.4) is 0 Å². The lowest BCUT2D eigenvalue weighted by Crippen LogP contribution is -1.95. The van der Waals surface area contributed by atoms with Crippen molar-refractivity contribution >= 4 is 22.4 Å². The van der Waals surface area contributed by atoms with Crippen molar-refractivity contribution in [2.24, 2.45) is 5.73 Å². The van der Waals surface area contributed by atoms with Crippen molar-refractivity contribution in [1.82, 2.24) is 10.1 Å². The Morgan fingerprint density at radius 2 is 2.11 bits per heavy atom. The van der Waals surface area contributed by atoms with E-state index in [2.05, 4.69) is 10.1 Å². The molecule has 0 unspecified atom stereocenters. The van der Waals surface area contributed by atoms with Crippen LogP contribution in [0.15, 0.2) is 34.9 Å². The molecule has 3 N–H and O–H groups in total. The highest BCUT2D eigenvalue weighted by Gasteiger charge is 2.15. The SMILES string of the molecule is NCc1nc(-c2c(O)ccc3cc(Cl)ccc23)no1. The summed E-state index contributed by atoms with van der Waals surface area (Å²) >= 11 is 5.95. The number of hydrogen-bond donors (Lipinski definition) is 2. The van der Waals surface area contributed by atoms with Crippen LogP contribution in [-0.2, 0) is 6.54 Å². The smallest absolute Gasteiger partial charge is 0.240 e. The molecule has 6 heteroatoms. The Bertz CT molecular complexity index is 755. The molecule has 0 aliphatic heterocycles. The standard InChI is InChI=1S/C13H10ClN3O2/c14-8-2-3-9-7(5-8)1-4-10(18)12(9)13-16-11(6-15)19-17-13/h1-5,18H,6,15H2. The number of nitrogens with two attached hydrogens (primary N) is 1. The van der Waals surface area contributed by atoms with Gasteiger partial charge < -0.3 is 15.4 Å². The Morgan fingerprint density at radius 3 is 2.84 bits per heavy atom. The minimum absolute atomic E-state index is 0.0826. The minimum atomic E-state index is 0.0826. The third-order valence-electron chi connectivity index (χ3n) is 2.83. The van der Waals surface area contributed by atoms with Crippen molar-refractivity contribution in [1.29, 1.82) is 0 Å². The normalized spacial score (nSPS) is 11.1. The first-order valence-corrected chi connectivity index (χ1v) is 6.01. The van der Waals surface area contributed by atoms with Gasteiger partial charge in [0.05, 0.1) is 12.1 Å². The Kier molecular flexibility index (Phi) is 2.85. The molecular formula is C13H10ClN3O2. The first kappa shape index (κ1) is 12.0. The first-order chi connectivity index (χ1) is 9.19. The summed E-state index contributed by atoms with van der Waals surface area (Å²) in [6.45, 7) is 0.157. The van der Waals surface area contributed by atoms with Gasteiger partial charge in [0.1, 0.15) is 5.75 Å². The molecule has 3 rings (SSSR count). The van der Waals surface area contributed by atoms with Gasteiger partial charge in [-0.15, -0.1) is 0 Å². The molecule has 5 nitrogen and oxygen atoms in total. The Hall–Kier alpha value is -2.11. The van der Waals surface area contributed by atoms with Gasteiger partial charge in [-0.3, -0.25) is 0 Å². The van der Waals surface area contributed by atoms with Crippen molar-refractivity contribution in [2.45, 2.75) is 6.54 Å². The second-order valence-electron chi connectivity index (χ2n) is 4.04. The molecular weight excluding hydrogens is 266 g/mol. The van der Waals surface area contributed by atoms with Crippen LogP contribution in [0.1, 0.15) is 5.89 Å². The van der Waals surface area contributed by atoms with E-state index < -0.39 is 0 Å². The lowest BCUT2D eigenvalue weighted by Gasteiger charge is -2.05. The van der Waals surface area contributed by atoms with E-state index in [4.69, 9.17) is 21.9 Å². The van der Waals surface area contributed by atoms with Crippen LogP contribution in [0.4, 0.5) is 0 Å². The van der Waals surface area contributed by atoms with Crippen molar-refractivity contribution in [2.75, 3.05) is 0 Å². The number of fused-ring (bicyclic) bond motifs is 1. The number of aromatic nitrogens is 2. The van der Waals surface area contributed by atoms with Crippen molar-refractivity contribution in [3.05, 3.63) is 41.2 Å². The third-order valence-corrected chi connectivity index (χ3v) is 3.06. The van der Waals surface area contributed by atoms with Crippen LogP contribution in [-0.4, -0.2) is 15.2 Å². The molecule has 0 fully saturated rings. The summed E-state index contributed by atoms with van der Waals surface area (Å²) in [5.41, 5.74) is 5.95. The average Bonchev–Trinajstić information content (AvgIpc) is 2.87. The maximum Gasteiger partial charge on any atom is 0.240 e. The monoisotopic (exact) mass is 275 g/mol. The molecule has 0 saturated carbocycles. The first-order valence-electron chi connectivity index (χ1n) is 5.63. The molecule has 1 heterocycles. The number of benzene rings is 2. The number of halogens is 1. The molecule has 19 heavy (non-hydrogen) atoms. The van der Waals surface area contributed by atoms with Gasteiger partial charge in [0.15, 0.2) is 0 Å². The van der Waals surface area contributed by atoms with Crippen LogP contribution in [0, 0.1) is 0 Å². The summed E-state index contributed by atoms with van der Waals surface area (Å²) in [6.07, 6.45) is 0. The van der Waals surface area contributed by atoms with Crippen LogP contribution in [0.5, 0.6) is 5.75 Å². The Balaban J connectivity index is 2.29. The van der Waals surface area contributed by atoms with E-state index in [1.165, 1.54) is 0 Å². The molecule has 0 radical (unpaired) electrons. The molecule has 0 bridgehead atoms. The number of hydrogen-bond acceptors (Lipinski definition) is 5. The molecule has 96 valence electrons. The number of phenolic OH excluding ortho intramolecular Hbond substituents is 1. The summed E-state index contributed by atoms with van der Waals surface area (Å²) in [4.78, 5) is 4.14. The maximum absolute atomic E-state index is 10.0. The highest BCUT2D eigenvalue weighted by atomic mass is 35.5. The predicted octanol–water partition coefficient (Wildman–Crippen LogP) is 2.71. The second kappa shape index (κ2) is 4.53. The molecule has 3 aromatic rings. The minimum Gasteiger partial charge on any atom is -0.507 e. The van der Waals surface area contributed by atoms with Gasteiger partial charge in [-0.05, 0) is 29.0 Å². The van der Waals surface area contributed by atoms with E-state index in [-0.39, 0.29) is 12.3 Å². The summed E-state index contributed by atoms with van der Waals surface area (Å²) in [5.74, 6) is 0.713. The fourth-order valence-corrected chi connectivity index (χ4v) is 2.14. The van der Waals surface area contributed by atoms with E-state index in [0.717, 1.165) is 10.8 Å². The van der Waals surface area contributed by atoms with Crippen LogP contribution in [0.2, 0.25) is 5.02 Å². The predicted molar refractivity (Wildman–Crippen MR) is 71.8 cm³/mol. The zero-order chi connectivity index (χ0) is 13.4. The van der Waals surface area contributed by atoms with Crippen molar-refractivity contribution in [3.63, 3.8) is 0 Å². The Labute approximate surface area is 113 Å². The van der Waals surface area contributed by atoms with Crippen LogP contribution >= 0.6 is 11.6 Å². The van der Waals surface area contributed by atoms with Crippen LogP contribution in [0.25, 0.3) is 22.2 Å². The quantitative estimate of drug-likeness (QED) is 0.751. The van der Waals surface area contributed by atoms with Crippen molar-refractivity contribution < 1.29 is 9.63 Å². The average molecular weight is 276 g/mol. The zero-order valence-electron chi connectivity index (χ0n) is 9.80. The van der Waals surface area contributed by atoms with E-state index in [0.29, 0.717) is 22.3 Å². The van der Waals surface area contributed by atoms with Gasteiger partial charge in [0.25, 0.3) is 0 Å². The van der Waals surface area contributed by atoms with E-state index >= 15 is 0 Å². The van der Waals surface area contributed by atoms with Gasteiger partial charge >= 0.3 is 0 Å². The van der Waals surface area contributed by atoms with Gasteiger partial charge in [-0.25, -0.2) is 0 Å². The van der Waals surface area contributed by atoms with Gasteiger partial charge in [0.2, 0.25) is 11.7 Å². The van der Waals surface area contributed by atoms with Gasteiger partial charge in [-0.2, -0.15) is 4.98 Å². The van der Waals surface area contributed by atoms with E-state index in [9.17, 15) is 5.11 Å². The summed E-state index contributed by atoms with van der Waals surface area (Å²) in [7, 11) is 0.